The van der Waals surface area contributed by atoms with E-state index in [0.717, 1.165) is 17.5 Å². The maximum atomic E-state index is 11.5. The number of thioether (sulfide) groups is 1. The summed E-state index contributed by atoms with van der Waals surface area (Å²) in [5.41, 5.74) is 2.82. The Balaban J connectivity index is 2.14. The molecule has 0 aliphatic heterocycles. The first-order chi connectivity index (χ1) is 11.2. The van der Waals surface area contributed by atoms with E-state index >= 15 is 0 Å². The van der Waals surface area contributed by atoms with Gasteiger partial charge in [0.1, 0.15) is 11.1 Å². The normalized spacial score (nSPS) is 12.6. The number of hydrogen-bond acceptors (Lipinski definition) is 6. The second-order valence-electron chi connectivity index (χ2n) is 5.54. The van der Waals surface area contributed by atoms with E-state index in [9.17, 15) is 18.8 Å². The van der Waals surface area contributed by atoms with E-state index in [2.05, 4.69) is 11.1 Å². The summed E-state index contributed by atoms with van der Waals surface area (Å²) < 4.78 is 22.9. The smallest absolute Gasteiger partial charge is 0.175 e. The lowest BCUT2D eigenvalue weighted by atomic mass is 10.1. The molecule has 1 aromatic carbocycles. The molecule has 0 aliphatic rings. The minimum Gasteiger partial charge on any atom is -0.388 e. The third-order valence-corrected chi connectivity index (χ3v) is 5.67. The van der Waals surface area contributed by atoms with E-state index in [-0.39, 0.29) is 4.90 Å². The maximum Gasteiger partial charge on any atom is 0.175 e. The van der Waals surface area contributed by atoms with Crippen molar-refractivity contribution in [2.75, 3.05) is 12.0 Å². The Kier molecular flexibility index (Phi) is 5.65. The zero-order valence-electron chi connectivity index (χ0n) is 13.6. The van der Waals surface area contributed by atoms with Gasteiger partial charge in [-0.25, -0.2) is 13.4 Å². The van der Waals surface area contributed by atoms with Crippen LogP contribution < -0.4 is 0 Å². The third-order valence-electron chi connectivity index (χ3n) is 3.49. The molecule has 0 amide bonds. The van der Waals surface area contributed by atoms with Gasteiger partial charge in [0.25, 0.3) is 0 Å². The lowest BCUT2D eigenvalue weighted by Gasteiger charge is -2.12. The SMILES string of the molecule is Cc1cc(C)c(C#N)c(SC[C@H](O)c2ccc(S(C)(=O)=O)cc2)n1. The van der Waals surface area contributed by atoms with Gasteiger partial charge in [-0.1, -0.05) is 12.1 Å². The average molecular weight is 362 g/mol. The Morgan fingerprint density at radius 3 is 2.46 bits per heavy atom. The summed E-state index contributed by atoms with van der Waals surface area (Å²) in [6, 6.07) is 10.2. The van der Waals surface area contributed by atoms with Gasteiger partial charge in [-0.3, -0.25) is 0 Å². The molecule has 0 radical (unpaired) electrons. The van der Waals surface area contributed by atoms with Crippen LogP contribution in [-0.2, 0) is 9.84 Å². The number of rotatable bonds is 5. The molecular weight excluding hydrogens is 344 g/mol. The first-order valence-corrected chi connectivity index (χ1v) is 10.1. The Labute approximate surface area is 146 Å². The van der Waals surface area contributed by atoms with Crippen LogP contribution in [0.2, 0.25) is 0 Å². The highest BCUT2D eigenvalue weighted by Crippen LogP contribution is 2.28. The summed E-state index contributed by atoms with van der Waals surface area (Å²) in [6.45, 7) is 3.72. The van der Waals surface area contributed by atoms with E-state index in [1.807, 2.05) is 19.9 Å². The fourth-order valence-electron chi connectivity index (χ4n) is 2.23. The third kappa shape index (κ3) is 4.35. The van der Waals surface area contributed by atoms with Gasteiger partial charge in [-0.05, 0) is 43.2 Å². The molecule has 1 aromatic heterocycles. The van der Waals surface area contributed by atoms with Crippen LogP contribution in [0.1, 0.15) is 28.5 Å². The van der Waals surface area contributed by atoms with Crippen molar-refractivity contribution in [3.63, 3.8) is 0 Å². The van der Waals surface area contributed by atoms with Crippen LogP contribution in [0, 0.1) is 25.2 Å². The number of aliphatic hydroxyl groups excluding tert-OH is 1. The number of benzene rings is 1. The van der Waals surface area contributed by atoms with Crippen molar-refractivity contribution in [2.45, 2.75) is 29.9 Å². The number of hydrogen-bond donors (Lipinski definition) is 1. The van der Waals surface area contributed by atoms with Gasteiger partial charge in [0.15, 0.2) is 9.84 Å². The van der Waals surface area contributed by atoms with E-state index in [4.69, 9.17) is 0 Å². The number of aliphatic hydroxyl groups is 1. The molecule has 0 aliphatic carbocycles. The van der Waals surface area contributed by atoms with Crippen molar-refractivity contribution in [3.05, 3.63) is 52.7 Å². The van der Waals surface area contributed by atoms with Crippen LogP contribution in [0.4, 0.5) is 0 Å². The molecule has 0 saturated heterocycles. The lowest BCUT2D eigenvalue weighted by Crippen LogP contribution is -2.04. The van der Waals surface area contributed by atoms with Gasteiger partial charge in [0, 0.05) is 17.7 Å². The number of pyridine rings is 1. The average Bonchev–Trinajstić information content (AvgIpc) is 2.51. The molecule has 24 heavy (non-hydrogen) atoms. The summed E-state index contributed by atoms with van der Waals surface area (Å²) >= 11 is 1.31. The number of aryl methyl sites for hydroxylation is 2. The molecule has 0 fully saturated rings. The first kappa shape index (κ1) is 18.5. The Morgan fingerprint density at radius 2 is 1.92 bits per heavy atom. The molecule has 126 valence electrons. The molecule has 0 unspecified atom stereocenters. The molecule has 0 saturated carbocycles. The molecule has 1 heterocycles. The molecule has 2 aromatic rings. The van der Waals surface area contributed by atoms with E-state index in [1.165, 1.54) is 23.9 Å². The molecule has 7 heteroatoms. The largest absolute Gasteiger partial charge is 0.388 e. The minimum atomic E-state index is -3.25. The molecule has 1 N–H and O–H groups in total. The van der Waals surface area contributed by atoms with E-state index < -0.39 is 15.9 Å². The number of sulfone groups is 1. The summed E-state index contributed by atoms with van der Waals surface area (Å²) in [6.07, 6.45) is 0.362. The van der Waals surface area contributed by atoms with Gasteiger partial charge in [0.2, 0.25) is 0 Å². The summed E-state index contributed by atoms with van der Waals surface area (Å²) in [4.78, 5) is 4.58. The minimum absolute atomic E-state index is 0.217. The van der Waals surface area contributed by atoms with Crippen LogP contribution in [0.3, 0.4) is 0 Å². The van der Waals surface area contributed by atoms with Crippen LogP contribution in [0.15, 0.2) is 40.3 Å². The molecule has 1 atom stereocenters. The van der Waals surface area contributed by atoms with Gasteiger partial charge >= 0.3 is 0 Å². The van der Waals surface area contributed by atoms with Crippen LogP contribution in [-0.4, -0.2) is 30.5 Å². The predicted molar refractivity (Wildman–Crippen MR) is 93.7 cm³/mol. The summed E-state index contributed by atoms with van der Waals surface area (Å²) in [5.74, 6) is 0.322. The molecule has 2 rings (SSSR count). The number of nitrogens with zero attached hydrogens (tertiary/aromatic N) is 2. The predicted octanol–water partition coefficient (Wildman–Crippen LogP) is 2.80. The van der Waals surface area contributed by atoms with Crippen molar-refractivity contribution in [1.29, 1.82) is 5.26 Å². The molecular formula is C17H18N2O3S2. The zero-order valence-corrected chi connectivity index (χ0v) is 15.3. The van der Waals surface area contributed by atoms with Gasteiger partial charge in [0.05, 0.1) is 16.6 Å². The Hall–Kier alpha value is -1.88. The second kappa shape index (κ2) is 7.34. The highest BCUT2D eigenvalue weighted by Gasteiger charge is 2.14. The molecule has 0 spiro atoms. The van der Waals surface area contributed by atoms with Crippen molar-refractivity contribution in [2.24, 2.45) is 0 Å². The van der Waals surface area contributed by atoms with E-state index in [0.29, 0.717) is 21.9 Å². The van der Waals surface area contributed by atoms with Crippen LogP contribution in [0.5, 0.6) is 0 Å². The number of nitriles is 1. The first-order valence-electron chi connectivity index (χ1n) is 7.21. The van der Waals surface area contributed by atoms with Crippen molar-refractivity contribution in [3.8, 4) is 6.07 Å². The lowest BCUT2D eigenvalue weighted by molar-refractivity contribution is 0.204. The summed E-state index contributed by atoms with van der Waals surface area (Å²) in [5, 5.41) is 20.2. The van der Waals surface area contributed by atoms with Crippen LogP contribution in [0.25, 0.3) is 0 Å². The van der Waals surface area contributed by atoms with Gasteiger partial charge < -0.3 is 5.11 Å². The Bertz CT molecular complexity index is 885. The standard InChI is InChI=1S/C17H18N2O3S2/c1-11-8-12(2)19-17(15(11)9-18)23-10-16(20)13-4-6-14(7-5-13)24(3,21)22/h4-8,16,20H,10H2,1-3H3/t16-/m0/s1. The highest BCUT2D eigenvalue weighted by molar-refractivity contribution is 7.99. The van der Waals surface area contributed by atoms with Crippen molar-refractivity contribution in [1.82, 2.24) is 4.98 Å². The maximum absolute atomic E-state index is 11.5. The monoisotopic (exact) mass is 362 g/mol. The van der Waals surface area contributed by atoms with Crippen molar-refractivity contribution >= 4 is 21.6 Å². The fourth-order valence-corrected chi connectivity index (χ4v) is 3.93. The molecule has 5 nitrogen and oxygen atoms in total. The zero-order chi connectivity index (χ0) is 17.9. The van der Waals surface area contributed by atoms with Crippen LogP contribution >= 0.6 is 11.8 Å². The second-order valence-corrected chi connectivity index (χ2v) is 8.56. The van der Waals surface area contributed by atoms with Gasteiger partial charge in [-0.15, -0.1) is 11.8 Å². The fraction of sp³-hybridized carbons (Fsp3) is 0.294. The topological polar surface area (TPSA) is 91.0 Å². The van der Waals surface area contributed by atoms with Gasteiger partial charge in [-0.2, -0.15) is 5.26 Å². The quantitative estimate of drug-likeness (QED) is 0.823. The van der Waals surface area contributed by atoms with E-state index in [1.54, 1.807) is 12.1 Å². The summed E-state index contributed by atoms with van der Waals surface area (Å²) in [7, 11) is -3.25. The van der Waals surface area contributed by atoms with Crippen molar-refractivity contribution < 1.29 is 13.5 Å². The highest BCUT2D eigenvalue weighted by atomic mass is 32.2. The Morgan fingerprint density at radius 1 is 1.29 bits per heavy atom. The number of aromatic nitrogens is 1. The molecule has 0 bridgehead atoms.